The standard InChI is InChI=1S/C26H29FN2O2/c1-2-29(26(30)31-23-11-7-4-8-12-23)25-19-28(17-20-9-5-3-6-10-20)18-24(25)21-13-15-22(27)16-14-21/h3,5-7,9-16,24-25H,2,4,8,17-19H2,1H3/t24-,25+/m0/s1. The van der Waals surface area contributed by atoms with E-state index >= 15 is 0 Å². The lowest BCUT2D eigenvalue weighted by molar-refractivity contribution is 0.111. The van der Waals surface area contributed by atoms with Crippen molar-refractivity contribution in [2.24, 2.45) is 0 Å². The van der Waals surface area contributed by atoms with Crippen molar-refractivity contribution < 1.29 is 13.9 Å². The zero-order valence-electron chi connectivity index (χ0n) is 17.9. The molecule has 162 valence electrons. The molecule has 1 aliphatic carbocycles. The molecule has 2 aromatic rings. The van der Waals surface area contributed by atoms with Crippen LogP contribution in [0.15, 0.2) is 78.6 Å². The quantitative estimate of drug-likeness (QED) is 0.620. The molecule has 1 aliphatic heterocycles. The summed E-state index contributed by atoms with van der Waals surface area (Å²) in [6, 6.07) is 17.0. The molecule has 0 aromatic heterocycles. The Hall–Kier alpha value is -2.92. The van der Waals surface area contributed by atoms with Crippen LogP contribution in [-0.2, 0) is 11.3 Å². The maximum absolute atomic E-state index is 13.5. The number of amides is 1. The lowest BCUT2D eigenvalue weighted by atomic mass is 9.93. The van der Waals surface area contributed by atoms with Crippen LogP contribution in [-0.4, -0.2) is 41.6 Å². The van der Waals surface area contributed by atoms with E-state index in [1.807, 2.05) is 60.4 Å². The molecule has 5 heteroatoms. The number of carbonyl (C=O) groups excluding carboxylic acids is 1. The Labute approximate surface area is 183 Å². The van der Waals surface area contributed by atoms with Crippen LogP contribution in [0.5, 0.6) is 0 Å². The predicted molar refractivity (Wildman–Crippen MR) is 120 cm³/mol. The van der Waals surface area contributed by atoms with Crippen LogP contribution in [0, 0.1) is 5.82 Å². The molecule has 1 saturated heterocycles. The topological polar surface area (TPSA) is 32.8 Å². The van der Waals surface area contributed by atoms with Crippen molar-refractivity contribution in [1.82, 2.24) is 9.80 Å². The maximum Gasteiger partial charge on any atom is 0.415 e. The molecule has 2 aliphatic rings. The minimum Gasteiger partial charge on any atom is -0.411 e. The van der Waals surface area contributed by atoms with Crippen LogP contribution in [0.2, 0.25) is 0 Å². The van der Waals surface area contributed by atoms with E-state index in [0.29, 0.717) is 12.3 Å². The fourth-order valence-corrected chi connectivity index (χ4v) is 4.51. The Balaban J connectivity index is 1.55. The van der Waals surface area contributed by atoms with Gasteiger partial charge in [-0.15, -0.1) is 0 Å². The summed E-state index contributed by atoms with van der Waals surface area (Å²) in [7, 11) is 0. The number of allylic oxidation sites excluding steroid dienone is 3. The minimum absolute atomic E-state index is 0.0418. The van der Waals surface area contributed by atoms with E-state index in [2.05, 4.69) is 17.0 Å². The van der Waals surface area contributed by atoms with Crippen molar-refractivity contribution >= 4 is 6.09 Å². The number of ether oxygens (including phenoxy) is 1. The highest BCUT2D eigenvalue weighted by molar-refractivity contribution is 5.70. The number of likely N-dealkylation sites (tertiary alicyclic amines) is 1. The van der Waals surface area contributed by atoms with E-state index in [1.165, 1.54) is 17.7 Å². The van der Waals surface area contributed by atoms with Gasteiger partial charge in [-0.05, 0) is 55.2 Å². The third-order valence-corrected chi connectivity index (χ3v) is 6.05. The second-order valence-corrected chi connectivity index (χ2v) is 8.15. The monoisotopic (exact) mass is 420 g/mol. The Bertz CT molecular complexity index is 940. The normalized spacial score (nSPS) is 21.0. The Morgan fingerprint density at radius 2 is 1.87 bits per heavy atom. The maximum atomic E-state index is 13.5. The molecule has 2 atom stereocenters. The highest BCUT2D eigenvalue weighted by Gasteiger charge is 2.39. The van der Waals surface area contributed by atoms with Gasteiger partial charge in [-0.2, -0.15) is 0 Å². The molecule has 0 unspecified atom stereocenters. The summed E-state index contributed by atoms with van der Waals surface area (Å²) in [6.45, 7) is 4.90. The summed E-state index contributed by atoms with van der Waals surface area (Å²) in [5.74, 6) is 0.460. The zero-order valence-corrected chi connectivity index (χ0v) is 17.9. The first kappa shape index (κ1) is 21.3. The van der Waals surface area contributed by atoms with Crippen molar-refractivity contribution in [2.45, 2.75) is 38.3 Å². The number of likely N-dealkylation sites (N-methyl/N-ethyl adjacent to an activating group) is 1. The summed E-state index contributed by atoms with van der Waals surface area (Å²) >= 11 is 0. The van der Waals surface area contributed by atoms with E-state index in [0.717, 1.165) is 38.0 Å². The summed E-state index contributed by atoms with van der Waals surface area (Å²) in [6.07, 6.45) is 7.39. The minimum atomic E-state index is -0.320. The highest BCUT2D eigenvalue weighted by Crippen LogP contribution is 2.33. The van der Waals surface area contributed by atoms with Gasteiger partial charge in [0.25, 0.3) is 0 Å². The summed E-state index contributed by atoms with van der Waals surface area (Å²) < 4.78 is 19.2. The van der Waals surface area contributed by atoms with Crippen molar-refractivity contribution in [3.8, 4) is 0 Å². The molecule has 0 N–H and O–H groups in total. The molecular formula is C26H29FN2O2. The molecule has 4 nitrogen and oxygen atoms in total. The van der Waals surface area contributed by atoms with Gasteiger partial charge in [-0.1, -0.05) is 48.5 Å². The van der Waals surface area contributed by atoms with Crippen LogP contribution in [0.25, 0.3) is 0 Å². The number of halogens is 1. The van der Waals surface area contributed by atoms with Gasteiger partial charge in [0.15, 0.2) is 0 Å². The molecule has 1 fully saturated rings. The van der Waals surface area contributed by atoms with Gasteiger partial charge >= 0.3 is 6.09 Å². The highest BCUT2D eigenvalue weighted by atomic mass is 19.1. The molecule has 2 aromatic carbocycles. The van der Waals surface area contributed by atoms with Crippen molar-refractivity contribution in [3.05, 3.63) is 95.5 Å². The fraction of sp³-hybridized carbons (Fsp3) is 0.346. The Kier molecular flexibility index (Phi) is 6.82. The molecule has 4 rings (SSSR count). The third-order valence-electron chi connectivity index (χ3n) is 6.05. The van der Waals surface area contributed by atoms with Gasteiger partial charge in [-0.3, -0.25) is 4.90 Å². The van der Waals surface area contributed by atoms with E-state index < -0.39 is 0 Å². The molecule has 0 spiro atoms. The Morgan fingerprint density at radius 3 is 2.55 bits per heavy atom. The molecule has 0 radical (unpaired) electrons. The van der Waals surface area contributed by atoms with Gasteiger partial charge in [-0.25, -0.2) is 9.18 Å². The first-order valence-electron chi connectivity index (χ1n) is 11.0. The van der Waals surface area contributed by atoms with Crippen LogP contribution < -0.4 is 0 Å². The smallest absolute Gasteiger partial charge is 0.411 e. The average molecular weight is 421 g/mol. The summed E-state index contributed by atoms with van der Waals surface area (Å²) in [5, 5.41) is 0. The number of hydrogen-bond donors (Lipinski definition) is 0. The molecule has 31 heavy (non-hydrogen) atoms. The number of hydrogen-bond acceptors (Lipinski definition) is 3. The van der Waals surface area contributed by atoms with Crippen LogP contribution in [0.4, 0.5) is 9.18 Å². The second kappa shape index (κ2) is 9.92. The third kappa shape index (κ3) is 5.23. The van der Waals surface area contributed by atoms with Gasteiger partial charge in [0.2, 0.25) is 0 Å². The van der Waals surface area contributed by atoms with Gasteiger partial charge in [0.05, 0.1) is 6.04 Å². The van der Waals surface area contributed by atoms with Gasteiger partial charge in [0, 0.05) is 32.1 Å². The van der Waals surface area contributed by atoms with E-state index in [-0.39, 0.29) is 23.9 Å². The molecule has 1 heterocycles. The van der Waals surface area contributed by atoms with E-state index in [4.69, 9.17) is 4.74 Å². The van der Waals surface area contributed by atoms with Gasteiger partial charge < -0.3 is 9.64 Å². The van der Waals surface area contributed by atoms with Crippen molar-refractivity contribution in [3.63, 3.8) is 0 Å². The lowest BCUT2D eigenvalue weighted by Gasteiger charge is -2.31. The first-order valence-corrected chi connectivity index (χ1v) is 11.0. The number of nitrogens with zero attached hydrogens (tertiary/aromatic N) is 2. The second-order valence-electron chi connectivity index (χ2n) is 8.15. The lowest BCUT2D eigenvalue weighted by Crippen LogP contribution is -2.44. The molecule has 0 bridgehead atoms. The first-order chi connectivity index (χ1) is 15.1. The number of benzene rings is 2. The fourth-order valence-electron chi connectivity index (χ4n) is 4.51. The van der Waals surface area contributed by atoms with Crippen LogP contribution in [0.1, 0.15) is 36.8 Å². The van der Waals surface area contributed by atoms with Crippen LogP contribution in [0.3, 0.4) is 0 Å². The summed E-state index contributed by atoms with van der Waals surface area (Å²) in [4.78, 5) is 17.3. The van der Waals surface area contributed by atoms with Crippen molar-refractivity contribution in [2.75, 3.05) is 19.6 Å². The molecule has 1 amide bonds. The zero-order chi connectivity index (χ0) is 21.6. The van der Waals surface area contributed by atoms with Gasteiger partial charge in [0.1, 0.15) is 11.6 Å². The van der Waals surface area contributed by atoms with Crippen LogP contribution >= 0.6 is 0 Å². The summed E-state index contributed by atoms with van der Waals surface area (Å²) in [5.41, 5.74) is 2.29. The SMILES string of the molecule is CCN(C(=O)OC1=CCCC=C1)[C@@H]1CN(Cc2ccccc2)C[C@H]1c1ccc(F)cc1. The predicted octanol–water partition coefficient (Wildman–Crippen LogP) is 5.49. The van der Waals surface area contributed by atoms with Crippen molar-refractivity contribution in [1.29, 1.82) is 0 Å². The molecular weight excluding hydrogens is 391 g/mol. The van der Waals surface area contributed by atoms with E-state index in [1.54, 1.807) is 0 Å². The van der Waals surface area contributed by atoms with E-state index in [9.17, 15) is 9.18 Å². The molecule has 0 saturated carbocycles. The largest absolute Gasteiger partial charge is 0.415 e. The average Bonchev–Trinajstić information content (AvgIpc) is 3.19. The number of carbonyl (C=O) groups is 1. The Morgan fingerprint density at radius 1 is 1.10 bits per heavy atom. The number of rotatable bonds is 6.